The first-order valence-electron chi connectivity index (χ1n) is 8.69. The monoisotopic (exact) mass is 473 g/mol. The lowest BCUT2D eigenvalue weighted by atomic mass is 10.1. The summed E-state index contributed by atoms with van der Waals surface area (Å²) in [6, 6.07) is 16.6. The Morgan fingerprint density at radius 2 is 1.53 bits per heavy atom. The predicted octanol–water partition coefficient (Wildman–Crippen LogP) is 3.12. The molecule has 0 unspecified atom stereocenters. The minimum Gasteiger partial charge on any atom is -0.484 e. The zero-order valence-electron chi connectivity index (χ0n) is 15.5. The second-order valence-corrected chi connectivity index (χ2v) is 6.82. The number of carbonyl (C=O) groups is 2. The van der Waals surface area contributed by atoms with Gasteiger partial charge >= 0.3 is 0 Å². The van der Waals surface area contributed by atoms with Crippen LogP contribution in [0.3, 0.4) is 0 Å². The van der Waals surface area contributed by atoms with Gasteiger partial charge in [0.15, 0.2) is 13.2 Å². The molecule has 0 aliphatic heterocycles. The highest BCUT2D eigenvalue weighted by Gasteiger charge is 2.10. The van der Waals surface area contributed by atoms with Gasteiger partial charge in [-0.2, -0.15) is 0 Å². The lowest BCUT2D eigenvalue weighted by Crippen LogP contribution is -2.45. The number of nitrogens with one attached hydrogen (secondary N) is 2. The third-order valence-corrected chi connectivity index (χ3v) is 4.76. The lowest BCUT2D eigenvalue weighted by Gasteiger charge is -2.11. The molecule has 30 heavy (non-hydrogen) atoms. The van der Waals surface area contributed by atoms with Crippen LogP contribution in [0.15, 0.2) is 65.1 Å². The number of hydrogen-bond donors (Lipinski definition) is 2. The van der Waals surface area contributed by atoms with Gasteiger partial charge in [0, 0.05) is 12.1 Å². The first-order chi connectivity index (χ1) is 14.4. The highest BCUT2D eigenvalue weighted by molar-refractivity contribution is 9.10. The molecule has 2 amide bonds. The second-order valence-electron chi connectivity index (χ2n) is 6.02. The van der Waals surface area contributed by atoms with Crippen LogP contribution in [0.25, 0.3) is 10.8 Å². The number of nitro benzene ring substituents is 1. The van der Waals surface area contributed by atoms with E-state index in [1.54, 1.807) is 6.07 Å². The number of non-ortho nitro benzene ring substituents is 1. The number of amides is 2. The van der Waals surface area contributed by atoms with E-state index in [1.165, 1.54) is 24.3 Å². The third-order valence-electron chi connectivity index (χ3n) is 3.95. The number of hydrogen-bond acceptors (Lipinski definition) is 6. The third kappa shape index (κ3) is 5.45. The summed E-state index contributed by atoms with van der Waals surface area (Å²) in [5.74, 6) is -0.379. The maximum absolute atomic E-state index is 11.9. The smallest absolute Gasteiger partial charge is 0.276 e. The molecule has 3 rings (SSSR count). The zero-order chi connectivity index (χ0) is 21.5. The number of hydrazine groups is 1. The van der Waals surface area contributed by atoms with E-state index in [4.69, 9.17) is 9.47 Å². The Labute approximate surface area is 179 Å². The highest BCUT2D eigenvalue weighted by Crippen LogP contribution is 2.32. The van der Waals surface area contributed by atoms with Gasteiger partial charge in [0.05, 0.1) is 9.40 Å². The summed E-state index contributed by atoms with van der Waals surface area (Å²) in [6.07, 6.45) is 0. The molecule has 0 saturated heterocycles. The fourth-order valence-corrected chi connectivity index (χ4v) is 3.10. The molecular weight excluding hydrogens is 458 g/mol. The topological polar surface area (TPSA) is 120 Å². The summed E-state index contributed by atoms with van der Waals surface area (Å²) in [4.78, 5) is 33.7. The van der Waals surface area contributed by atoms with Crippen LogP contribution in [-0.4, -0.2) is 30.0 Å². The van der Waals surface area contributed by atoms with Crippen molar-refractivity contribution < 1.29 is 24.0 Å². The van der Waals surface area contributed by atoms with Crippen LogP contribution >= 0.6 is 15.9 Å². The molecule has 3 aromatic carbocycles. The van der Waals surface area contributed by atoms with Crippen molar-refractivity contribution in [1.29, 1.82) is 0 Å². The summed E-state index contributed by atoms with van der Waals surface area (Å²) in [5.41, 5.74) is 4.33. The van der Waals surface area contributed by atoms with Crippen LogP contribution in [0, 0.1) is 10.1 Å². The average molecular weight is 474 g/mol. The number of fused-ring (bicyclic) bond motifs is 1. The molecule has 10 heteroatoms. The summed E-state index contributed by atoms with van der Waals surface area (Å²) in [7, 11) is 0. The molecule has 0 saturated carbocycles. The molecule has 0 fully saturated rings. The molecule has 0 aromatic heterocycles. The molecule has 0 spiro atoms. The number of rotatable bonds is 7. The molecule has 3 aromatic rings. The van der Waals surface area contributed by atoms with Crippen molar-refractivity contribution in [2.75, 3.05) is 13.2 Å². The molecule has 9 nitrogen and oxygen atoms in total. The Morgan fingerprint density at radius 3 is 2.20 bits per heavy atom. The van der Waals surface area contributed by atoms with Gasteiger partial charge in [-0.1, -0.05) is 30.3 Å². The average Bonchev–Trinajstić information content (AvgIpc) is 2.76. The number of halogens is 1. The Balaban J connectivity index is 1.42. The van der Waals surface area contributed by atoms with Crippen LogP contribution < -0.4 is 20.3 Å². The Kier molecular flexibility index (Phi) is 6.81. The number of carbonyl (C=O) groups excluding carboxylic acids is 2. The first kappa shape index (κ1) is 21.1. The van der Waals surface area contributed by atoms with Gasteiger partial charge in [-0.05, 0) is 44.9 Å². The van der Waals surface area contributed by atoms with Crippen molar-refractivity contribution in [2.45, 2.75) is 0 Å². The highest BCUT2D eigenvalue weighted by atomic mass is 79.9. The molecule has 0 bridgehead atoms. The maximum atomic E-state index is 11.9. The normalized spacial score (nSPS) is 10.3. The first-order valence-corrected chi connectivity index (χ1v) is 9.48. The molecule has 2 N–H and O–H groups in total. The molecular formula is C20H16BrN3O6. The predicted molar refractivity (Wildman–Crippen MR) is 112 cm³/mol. The summed E-state index contributed by atoms with van der Waals surface area (Å²) >= 11 is 3.47. The number of benzene rings is 3. The molecule has 0 heterocycles. The quantitative estimate of drug-likeness (QED) is 0.401. The van der Waals surface area contributed by atoms with E-state index in [9.17, 15) is 19.7 Å². The maximum Gasteiger partial charge on any atom is 0.276 e. The molecule has 0 radical (unpaired) electrons. The van der Waals surface area contributed by atoms with E-state index in [0.29, 0.717) is 5.75 Å². The van der Waals surface area contributed by atoms with Gasteiger partial charge < -0.3 is 9.47 Å². The van der Waals surface area contributed by atoms with Crippen molar-refractivity contribution in [3.63, 3.8) is 0 Å². The second kappa shape index (κ2) is 9.70. The Bertz CT molecular complexity index is 1090. The van der Waals surface area contributed by atoms with Crippen LogP contribution in [0.2, 0.25) is 0 Å². The minimum atomic E-state index is -0.603. The van der Waals surface area contributed by atoms with Crippen LogP contribution in [-0.2, 0) is 9.59 Å². The van der Waals surface area contributed by atoms with Crippen molar-refractivity contribution in [2.24, 2.45) is 0 Å². The van der Waals surface area contributed by atoms with Crippen molar-refractivity contribution >= 4 is 44.2 Å². The fraction of sp³-hybridized carbons (Fsp3) is 0.100. The standard InChI is InChI=1S/C20H16BrN3O6/c21-20-16-4-2-1-3-13(16)5-10-17(20)30-12-19(26)23-22-18(25)11-29-15-8-6-14(7-9-15)24(27)28/h1-10H,11-12H2,(H,22,25)(H,23,26). The lowest BCUT2D eigenvalue weighted by molar-refractivity contribution is -0.384. The van der Waals surface area contributed by atoms with Gasteiger partial charge in [0.25, 0.3) is 17.5 Å². The number of nitrogens with zero attached hydrogens (tertiary/aromatic N) is 1. The van der Waals surface area contributed by atoms with E-state index in [-0.39, 0.29) is 24.7 Å². The molecule has 154 valence electrons. The number of nitro groups is 1. The Hall–Kier alpha value is -3.66. The largest absolute Gasteiger partial charge is 0.484 e. The zero-order valence-corrected chi connectivity index (χ0v) is 17.0. The van der Waals surface area contributed by atoms with Crippen LogP contribution in [0.4, 0.5) is 5.69 Å². The van der Waals surface area contributed by atoms with Crippen LogP contribution in [0.1, 0.15) is 0 Å². The van der Waals surface area contributed by atoms with Gasteiger partial charge in [0.1, 0.15) is 11.5 Å². The van der Waals surface area contributed by atoms with E-state index in [2.05, 4.69) is 26.8 Å². The van der Waals surface area contributed by atoms with Gasteiger partial charge in [-0.15, -0.1) is 0 Å². The van der Waals surface area contributed by atoms with Crippen molar-refractivity contribution in [1.82, 2.24) is 10.9 Å². The summed E-state index contributed by atoms with van der Waals surface area (Å²) in [5, 5.41) is 12.6. The SMILES string of the molecule is O=C(COc1ccc([N+](=O)[O-])cc1)NNC(=O)COc1ccc2ccccc2c1Br. The fourth-order valence-electron chi connectivity index (χ4n) is 2.49. The Morgan fingerprint density at radius 1 is 0.900 bits per heavy atom. The van der Waals surface area contributed by atoms with Gasteiger partial charge in [-0.3, -0.25) is 30.6 Å². The summed E-state index contributed by atoms with van der Waals surface area (Å²) in [6.45, 7) is -0.685. The minimum absolute atomic E-state index is 0.0860. The van der Waals surface area contributed by atoms with Crippen LogP contribution in [0.5, 0.6) is 11.5 Å². The molecule has 0 aliphatic rings. The van der Waals surface area contributed by atoms with Crippen molar-refractivity contribution in [3.8, 4) is 11.5 Å². The molecule has 0 aliphatic carbocycles. The van der Waals surface area contributed by atoms with Crippen molar-refractivity contribution in [3.05, 3.63) is 75.3 Å². The number of ether oxygens (including phenoxy) is 2. The summed E-state index contributed by atoms with van der Waals surface area (Å²) < 4.78 is 11.4. The van der Waals surface area contributed by atoms with E-state index in [1.807, 2.05) is 30.3 Å². The van der Waals surface area contributed by atoms with E-state index < -0.39 is 16.7 Å². The van der Waals surface area contributed by atoms with Gasteiger partial charge in [-0.25, -0.2) is 0 Å². The van der Waals surface area contributed by atoms with E-state index in [0.717, 1.165) is 15.2 Å². The molecule has 0 atom stereocenters. The van der Waals surface area contributed by atoms with Gasteiger partial charge in [0.2, 0.25) is 0 Å². The van der Waals surface area contributed by atoms with E-state index >= 15 is 0 Å².